The number of rotatable bonds is 3. The molecule has 1 aromatic heterocycles. The van der Waals surface area contributed by atoms with Crippen LogP contribution in [0.15, 0.2) is 22.8 Å². The largest absolute Gasteiger partial charge is 0.314 e. The van der Waals surface area contributed by atoms with Gasteiger partial charge in [0.25, 0.3) is 6.43 Å². The van der Waals surface area contributed by atoms with Crippen molar-refractivity contribution in [1.29, 1.82) is 0 Å². The van der Waals surface area contributed by atoms with Crippen molar-refractivity contribution in [3.05, 3.63) is 28.5 Å². The van der Waals surface area contributed by atoms with Crippen molar-refractivity contribution in [2.45, 2.75) is 12.5 Å². The molecule has 1 atom stereocenters. The summed E-state index contributed by atoms with van der Waals surface area (Å²) in [6.45, 7) is 2.75. The Morgan fingerprint density at radius 1 is 1.29 bits per heavy atom. The van der Waals surface area contributed by atoms with Crippen molar-refractivity contribution in [2.24, 2.45) is 0 Å². The topological polar surface area (TPSA) is 28.2 Å². The van der Waals surface area contributed by atoms with Crippen molar-refractivity contribution in [3.8, 4) is 0 Å². The molecule has 2 heterocycles. The second-order valence-corrected chi connectivity index (χ2v) is 4.76. The summed E-state index contributed by atoms with van der Waals surface area (Å²) in [6.07, 6.45) is -2.42. The molecule has 6 heteroatoms. The number of piperazine rings is 1. The van der Waals surface area contributed by atoms with Gasteiger partial charge in [0.2, 0.25) is 0 Å². The van der Waals surface area contributed by atoms with Gasteiger partial charge in [-0.3, -0.25) is 4.90 Å². The quantitative estimate of drug-likeness (QED) is 0.867. The third-order valence-corrected chi connectivity index (χ3v) is 3.26. The van der Waals surface area contributed by atoms with Gasteiger partial charge in [0.1, 0.15) is 10.6 Å². The molecule has 0 bridgehead atoms. The van der Waals surface area contributed by atoms with Crippen LogP contribution < -0.4 is 5.32 Å². The average molecular weight is 306 g/mol. The summed E-state index contributed by atoms with van der Waals surface area (Å²) in [5, 5.41) is 3.16. The minimum absolute atomic E-state index is 0.427. The van der Waals surface area contributed by atoms with Crippen LogP contribution in [0, 0.1) is 0 Å². The third-order valence-electron chi connectivity index (χ3n) is 2.82. The van der Waals surface area contributed by atoms with Gasteiger partial charge in [0, 0.05) is 26.2 Å². The molecule has 1 aliphatic heterocycles. The van der Waals surface area contributed by atoms with E-state index in [-0.39, 0.29) is 0 Å². The van der Waals surface area contributed by atoms with Gasteiger partial charge in [-0.2, -0.15) is 0 Å². The number of nitrogens with zero attached hydrogens (tertiary/aromatic N) is 2. The van der Waals surface area contributed by atoms with E-state index in [1.165, 1.54) is 0 Å². The van der Waals surface area contributed by atoms with E-state index >= 15 is 0 Å². The van der Waals surface area contributed by atoms with Crippen LogP contribution in [0.25, 0.3) is 0 Å². The summed E-state index contributed by atoms with van der Waals surface area (Å²) in [5.41, 5.74) is 0.427. The lowest BCUT2D eigenvalue weighted by atomic mass is 10.1. The number of nitrogens with one attached hydrogen (secondary N) is 1. The highest BCUT2D eigenvalue weighted by Gasteiger charge is 2.31. The Hall–Kier alpha value is -0.590. The molecule has 3 nitrogen and oxygen atoms in total. The first kappa shape index (κ1) is 12.9. The number of pyridine rings is 1. The zero-order valence-electron chi connectivity index (χ0n) is 9.24. The van der Waals surface area contributed by atoms with Gasteiger partial charge in [-0.05, 0) is 28.1 Å². The van der Waals surface area contributed by atoms with Crippen LogP contribution in [0.4, 0.5) is 8.78 Å². The summed E-state index contributed by atoms with van der Waals surface area (Å²) in [7, 11) is 0. The fourth-order valence-electron chi connectivity index (χ4n) is 2.02. The summed E-state index contributed by atoms with van der Waals surface area (Å²) in [5.74, 6) is 0. The van der Waals surface area contributed by atoms with Crippen molar-refractivity contribution >= 4 is 15.9 Å². The van der Waals surface area contributed by atoms with E-state index in [1.807, 2.05) is 0 Å². The van der Waals surface area contributed by atoms with Gasteiger partial charge < -0.3 is 5.32 Å². The number of halogens is 3. The van der Waals surface area contributed by atoms with E-state index in [0.29, 0.717) is 23.4 Å². The average Bonchev–Trinajstić information content (AvgIpc) is 2.30. The van der Waals surface area contributed by atoms with E-state index in [0.717, 1.165) is 13.1 Å². The summed E-state index contributed by atoms with van der Waals surface area (Å²) in [4.78, 5) is 5.93. The predicted molar refractivity (Wildman–Crippen MR) is 65.1 cm³/mol. The molecule has 0 aliphatic carbocycles. The molecule has 0 saturated carbocycles. The van der Waals surface area contributed by atoms with Crippen molar-refractivity contribution in [3.63, 3.8) is 0 Å². The zero-order valence-corrected chi connectivity index (χ0v) is 10.8. The van der Waals surface area contributed by atoms with Crippen LogP contribution in [0.2, 0.25) is 0 Å². The van der Waals surface area contributed by atoms with Gasteiger partial charge in [0.15, 0.2) is 0 Å². The lowest BCUT2D eigenvalue weighted by molar-refractivity contribution is 0.0160. The number of hydrogen-bond donors (Lipinski definition) is 1. The highest BCUT2D eigenvalue weighted by atomic mass is 79.9. The van der Waals surface area contributed by atoms with Crippen LogP contribution in [0.3, 0.4) is 0 Å². The maximum Gasteiger partial charge on any atom is 0.259 e. The summed E-state index contributed by atoms with van der Waals surface area (Å²) in [6, 6.07) is 4.23. The highest BCUT2D eigenvalue weighted by molar-refractivity contribution is 9.10. The molecule has 1 aliphatic rings. The first-order valence-corrected chi connectivity index (χ1v) is 6.33. The maximum atomic E-state index is 13.2. The molecule has 0 unspecified atom stereocenters. The Labute approximate surface area is 107 Å². The first-order valence-electron chi connectivity index (χ1n) is 5.54. The number of hydrogen-bond acceptors (Lipinski definition) is 3. The monoisotopic (exact) mass is 305 g/mol. The Morgan fingerprint density at radius 3 is 2.59 bits per heavy atom. The number of aromatic nitrogens is 1. The molecular weight excluding hydrogens is 292 g/mol. The predicted octanol–water partition coefficient (Wildman–Crippen LogP) is 2.06. The Morgan fingerprint density at radius 2 is 2.00 bits per heavy atom. The highest BCUT2D eigenvalue weighted by Crippen LogP contribution is 2.27. The van der Waals surface area contributed by atoms with E-state index in [4.69, 9.17) is 0 Å². The van der Waals surface area contributed by atoms with Crippen LogP contribution in [0.1, 0.15) is 11.7 Å². The normalized spacial score (nSPS) is 19.5. The molecule has 2 rings (SSSR count). The fraction of sp³-hybridized carbons (Fsp3) is 0.545. The van der Waals surface area contributed by atoms with Gasteiger partial charge >= 0.3 is 0 Å². The Bertz CT molecular complexity index is 369. The smallest absolute Gasteiger partial charge is 0.259 e. The molecule has 0 amide bonds. The standard InChI is InChI=1S/C11H14BrF2N3/c12-9-3-1-2-8(16-9)10(11(13)14)17-6-4-15-5-7-17/h1-3,10-11,15H,4-7H2/t10-/m1/s1. The summed E-state index contributed by atoms with van der Waals surface area (Å²) >= 11 is 3.22. The van der Waals surface area contributed by atoms with Crippen LogP contribution in [-0.4, -0.2) is 42.5 Å². The SMILES string of the molecule is FC(F)[C@@H](c1cccc(Br)n1)N1CCNCC1. The van der Waals surface area contributed by atoms with E-state index in [9.17, 15) is 8.78 Å². The van der Waals surface area contributed by atoms with E-state index in [2.05, 4.69) is 26.2 Å². The second kappa shape index (κ2) is 5.84. The number of alkyl halides is 2. The molecule has 0 aromatic carbocycles. The van der Waals surface area contributed by atoms with Gasteiger partial charge in [-0.1, -0.05) is 6.07 Å². The van der Waals surface area contributed by atoms with Crippen LogP contribution in [-0.2, 0) is 0 Å². The molecule has 1 saturated heterocycles. The molecule has 1 fully saturated rings. The van der Waals surface area contributed by atoms with E-state index in [1.54, 1.807) is 23.1 Å². The van der Waals surface area contributed by atoms with Gasteiger partial charge in [0.05, 0.1) is 5.69 Å². The Balaban J connectivity index is 2.21. The lowest BCUT2D eigenvalue weighted by Gasteiger charge is -2.34. The summed E-state index contributed by atoms with van der Waals surface area (Å²) < 4.78 is 27.0. The zero-order chi connectivity index (χ0) is 12.3. The van der Waals surface area contributed by atoms with Gasteiger partial charge in [-0.15, -0.1) is 0 Å². The van der Waals surface area contributed by atoms with Crippen molar-refractivity contribution in [2.75, 3.05) is 26.2 Å². The third kappa shape index (κ3) is 3.20. The minimum Gasteiger partial charge on any atom is -0.314 e. The lowest BCUT2D eigenvalue weighted by Crippen LogP contribution is -2.47. The van der Waals surface area contributed by atoms with Crippen LogP contribution in [0.5, 0.6) is 0 Å². The second-order valence-electron chi connectivity index (χ2n) is 3.95. The maximum absolute atomic E-state index is 13.2. The van der Waals surface area contributed by atoms with Crippen molar-refractivity contribution in [1.82, 2.24) is 15.2 Å². The minimum atomic E-state index is -2.42. The van der Waals surface area contributed by atoms with Gasteiger partial charge in [-0.25, -0.2) is 13.8 Å². The fourth-order valence-corrected chi connectivity index (χ4v) is 2.38. The molecule has 1 N–H and O–H groups in total. The van der Waals surface area contributed by atoms with E-state index < -0.39 is 12.5 Å². The van der Waals surface area contributed by atoms with Crippen molar-refractivity contribution < 1.29 is 8.78 Å². The first-order chi connectivity index (χ1) is 8.18. The molecule has 17 heavy (non-hydrogen) atoms. The molecule has 0 radical (unpaired) electrons. The molecule has 0 spiro atoms. The molecule has 94 valence electrons. The van der Waals surface area contributed by atoms with Crippen LogP contribution >= 0.6 is 15.9 Å². The Kier molecular flexibility index (Phi) is 4.42. The molecular formula is C11H14BrF2N3. The molecule has 1 aromatic rings.